The van der Waals surface area contributed by atoms with Crippen molar-refractivity contribution in [1.29, 1.82) is 0 Å². The molecule has 0 aliphatic carbocycles. The average Bonchev–Trinajstić information content (AvgIpc) is 2.69. The molecule has 2 aromatic heterocycles. The number of urea groups is 1. The van der Waals surface area contributed by atoms with Gasteiger partial charge in [-0.1, -0.05) is 40.2 Å². The highest BCUT2D eigenvalue weighted by Crippen LogP contribution is 2.37. The van der Waals surface area contributed by atoms with Crippen LogP contribution >= 0.6 is 15.9 Å². The van der Waals surface area contributed by atoms with E-state index in [9.17, 15) is 4.79 Å². The molecule has 3 rings (SSSR count). The third-order valence-electron chi connectivity index (χ3n) is 4.14. The highest BCUT2D eigenvalue weighted by molar-refractivity contribution is 9.10. The first-order chi connectivity index (χ1) is 12.7. The first kappa shape index (κ1) is 18.1. The molecule has 6 heteroatoms. The number of carbonyl (C=O) groups excluding carboxylic acids is 1. The van der Waals surface area contributed by atoms with Gasteiger partial charge < -0.3 is 10.6 Å². The van der Waals surface area contributed by atoms with E-state index in [0.29, 0.717) is 0 Å². The van der Waals surface area contributed by atoms with Gasteiger partial charge in [0, 0.05) is 42.2 Å². The molecule has 2 N–H and O–H groups in total. The molecule has 0 aliphatic rings. The highest BCUT2D eigenvalue weighted by atomic mass is 79.9. The molecule has 0 spiro atoms. The van der Waals surface area contributed by atoms with Gasteiger partial charge in [0.05, 0.1) is 6.04 Å². The fourth-order valence-corrected chi connectivity index (χ4v) is 3.39. The van der Waals surface area contributed by atoms with Gasteiger partial charge in [-0.3, -0.25) is 9.97 Å². The molecule has 3 aromatic rings. The second-order valence-corrected chi connectivity index (χ2v) is 6.72. The third kappa shape index (κ3) is 4.26. The molecule has 5 nitrogen and oxygen atoms in total. The second kappa shape index (κ2) is 8.58. The third-order valence-corrected chi connectivity index (χ3v) is 4.64. The normalized spacial score (nSPS) is 11.8. The van der Waals surface area contributed by atoms with Gasteiger partial charge in [0.15, 0.2) is 0 Å². The number of carbonyl (C=O) groups is 1. The Bertz CT molecular complexity index is 818. The van der Waals surface area contributed by atoms with Crippen LogP contribution in [-0.4, -0.2) is 23.0 Å². The first-order valence-electron chi connectivity index (χ1n) is 8.22. The van der Waals surface area contributed by atoms with E-state index in [2.05, 4.69) is 36.5 Å². The molecule has 1 atom stereocenters. The molecular weight excluding hydrogens is 392 g/mol. The summed E-state index contributed by atoms with van der Waals surface area (Å²) in [6.07, 6.45) is 7.14. The molecule has 0 radical (unpaired) electrons. The van der Waals surface area contributed by atoms with Gasteiger partial charge >= 0.3 is 6.03 Å². The molecule has 132 valence electrons. The number of benzene rings is 1. The number of amides is 2. The molecule has 2 amide bonds. The van der Waals surface area contributed by atoms with Crippen molar-refractivity contribution in [2.75, 3.05) is 7.05 Å². The maximum absolute atomic E-state index is 12.2. The Morgan fingerprint density at radius 2 is 1.58 bits per heavy atom. The zero-order chi connectivity index (χ0) is 18.4. The summed E-state index contributed by atoms with van der Waals surface area (Å²) in [5.74, 6) is -0.135. The molecule has 1 unspecified atom stereocenters. The van der Waals surface area contributed by atoms with Gasteiger partial charge in [-0.25, -0.2) is 4.79 Å². The number of hydrogen-bond donors (Lipinski definition) is 2. The highest BCUT2D eigenvalue weighted by Gasteiger charge is 2.28. The smallest absolute Gasteiger partial charge is 0.315 e. The number of halogens is 1. The molecule has 26 heavy (non-hydrogen) atoms. The fraction of sp³-hybridized carbons (Fsp3) is 0.150. The number of nitrogens with zero attached hydrogens (tertiary/aromatic N) is 2. The summed E-state index contributed by atoms with van der Waals surface area (Å²) in [5, 5.41) is 5.73. The Morgan fingerprint density at radius 1 is 0.962 bits per heavy atom. The maximum Gasteiger partial charge on any atom is 0.315 e. The predicted octanol–water partition coefficient (Wildman–Crippen LogP) is 4.04. The molecule has 0 aliphatic heterocycles. The Morgan fingerprint density at radius 3 is 2.08 bits per heavy atom. The number of aromatic nitrogens is 2. The molecule has 0 fully saturated rings. The number of pyridine rings is 2. The van der Waals surface area contributed by atoms with Gasteiger partial charge in [-0.15, -0.1) is 0 Å². The Hall–Kier alpha value is -2.73. The fourth-order valence-electron chi connectivity index (χ4n) is 2.97. The standard InChI is InChI=1S/C20H19BrN4O/c1-22-20(26)25-19(14-5-2-8-17(21)11-14)18(15-6-3-9-23-12-15)16-7-4-10-24-13-16/h2-13,18-19H,1H3,(H2,22,25,26). The minimum Gasteiger partial charge on any atom is -0.341 e. The molecule has 1 aromatic carbocycles. The minimum absolute atomic E-state index is 0.135. The largest absolute Gasteiger partial charge is 0.341 e. The van der Waals surface area contributed by atoms with E-state index >= 15 is 0 Å². The lowest BCUT2D eigenvalue weighted by atomic mass is 9.83. The summed E-state index contributed by atoms with van der Waals surface area (Å²) in [6.45, 7) is 0. The van der Waals surface area contributed by atoms with Crippen molar-refractivity contribution in [2.45, 2.75) is 12.0 Å². The Balaban J connectivity index is 2.13. The molecule has 2 heterocycles. The molecule has 0 saturated heterocycles. The van der Waals surface area contributed by atoms with Gasteiger partial charge in [0.25, 0.3) is 0 Å². The number of hydrogen-bond acceptors (Lipinski definition) is 3. The zero-order valence-corrected chi connectivity index (χ0v) is 15.8. The van der Waals surface area contributed by atoms with E-state index in [-0.39, 0.29) is 18.0 Å². The van der Waals surface area contributed by atoms with E-state index in [1.54, 1.807) is 19.4 Å². The number of nitrogens with one attached hydrogen (secondary N) is 2. The van der Waals surface area contributed by atoms with Crippen molar-refractivity contribution in [3.05, 3.63) is 94.5 Å². The van der Waals surface area contributed by atoms with Gasteiger partial charge in [-0.2, -0.15) is 0 Å². The summed E-state index contributed by atoms with van der Waals surface area (Å²) in [4.78, 5) is 20.7. The molecule has 0 saturated carbocycles. The van der Waals surface area contributed by atoms with Crippen LogP contribution in [0.25, 0.3) is 0 Å². The van der Waals surface area contributed by atoms with E-state index in [1.165, 1.54) is 0 Å². The van der Waals surface area contributed by atoms with Crippen molar-refractivity contribution >= 4 is 22.0 Å². The van der Waals surface area contributed by atoms with Crippen LogP contribution in [0, 0.1) is 0 Å². The summed E-state index contributed by atoms with van der Waals surface area (Å²) >= 11 is 3.52. The van der Waals surface area contributed by atoms with Crippen molar-refractivity contribution in [3.63, 3.8) is 0 Å². The van der Waals surface area contributed by atoms with E-state index in [1.807, 2.05) is 60.9 Å². The van der Waals surface area contributed by atoms with Crippen LogP contribution in [0.1, 0.15) is 28.7 Å². The summed E-state index contributed by atoms with van der Waals surface area (Å²) in [5.41, 5.74) is 2.99. The van der Waals surface area contributed by atoms with Crippen LogP contribution in [0.3, 0.4) is 0 Å². The van der Waals surface area contributed by atoms with Crippen LogP contribution in [-0.2, 0) is 0 Å². The summed E-state index contributed by atoms with van der Waals surface area (Å²) < 4.78 is 0.954. The SMILES string of the molecule is CNC(=O)NC(c1cccc(Br)c1)C(c1cccnc1)c1cccnc1. The Labute approximate surface area is 161 Å². The molecular formula is C20H19BrN4O. The van der Waals surface area contributed by atoms with Crippen molar-refractivity contribution in [3.8, 4) is 0 Å². The quantitative estimate of drug-likeness (QED) is 0.666. The van der Waals surface area contributed by atoms with Gasteiger partial charge in [-0.05, 0) is 41.0 Å². The zero-order valence-electron chi connectivity index (χ0n) is 14.3. The van der Waals surface area contributed by atoms with E-state index in [4.69, 9.17) is 0 Å². The van der Waals surface area contributed by atoms with E-state index in [0.717, 1.165) is 21.2 Å². The van der Waals surface area contributed by atoms with Crippen molar-refractivity contribution in [2.24, 2.45) is 0 Å². The average molecular weight is 411 g/mol. The predicted molar refractivity (Wildman–Crippen MR) is 105 cm³/mol. The lowest BCUT2D eigenvalue weighted by Crippen LogP contribution is -2.38. The minimum atomic E-state index is -0.291. The maximum atomic E-state index is 12.2. The molecule has 0 bridgehead atoms. The van der Waals surface area contributed by atoms with Crippen LogP contribution in [0.15, 0.2) is 77.8 Å². The lowest BCUT2D eigenvalue weighted by molar-refractivity contribution is 0.238. The monoisotopic (exact) mass is 410 g/mol. The van der Waals surface area contributed by atoms with Crippen LogP contribution in [0.2, 0.25) is 0 Å². The summed E-state index contributed by atoms with van der Waals surface area (Å²) in [6, 6.07) is 15.2. The van der Waals surface area contributed by atoms with Crippen molar-refractivity contribution < 1.29 is 4.79 Å². The lowest BCUT2D eigenvalue weighted by Gasteiger charge is -2.29. The van der Waals surface area contributed by atoms with Crippen molar-refractivity contribution in [1.82, 2.24) is 20.6 Å². The summed E-state index contributed by atoms with van der Waals surface area (Å²) in [7, 11) is 1.61. The van der Waals surface area contributed by atoms with E-state index < -0.39 is 0 Å². The van der Waals surface area contributed by atoms with Crippen LogP contribution < -0.4 is 10.6 Å². The topological polar surface area (TPSA) is 66.9 Å². The first-order valence-corrected chi connectivity index (χ1v) is 9.02. The Kier molecular flexibility index (Phi) is 5.96. The van der Waals surface area contributed by atoms with Gasteiger partial charge in [0.2, 0.25) is 0 Å². The number of rotatable bonds is 5. The van der Waals surface area contributed by atoms with Gasteiger partial charge in [0.1, 0.15) is 0 Å². The van der Waals surface area contributed by atoms with Crippen LogP contribution in [0.4, 0.5) is 4.79 Å². The van der Waals surface area contributed by atoms with Crippen LogP contribution in [0.5, 0.6) is 0 Å². The second-order valence-electron chi connectivity index (χ2n) is 5.81.